The zero-order valence-electron chi connectivity index (χ0n) is 11.6. The molecule has 0 atom stereocenters. The molecule has 6 nitrogen and oxygen atoms in total. The van der Waals surface area contributed by atoms with Crippen molar-refractivity contribution in [3.05, 3.63) is 11.9 Å². The van der Waals surface area contributed by atoms with Crippen molar-refractivity contribution in [1.29, 1.82) is 0 Å². The van der Waals surface area contributed by atoms with E-state index in [1.807, 2.05) is 6.20 Å². The lowest BCUT2D eigenvalue weighted by Gasteiger charge is -2.26. The van der Waals surface area contributed by atoms with E-state index in [1.54, 1.807) is 4.68 Å². The molecule has 0 aromatic carbocycles. The van der Waals surface area contributed by atoms with Crippen molar-refractivity contribution in [3.63, 3.8) is 0 Å². The third-order valence-corrected chi connectivity index (χ3v) is 3.49. The summed E-state index contributed by atoms with van der Waals surface area (Å²) in [4.78, 5) is 2.52. The van der Waals surface area contributed by atoms with Crippen LogP contribution in [0.3, 0.4) is 0 Å². The Kier molecular flexibility index (Phi) is 6.26. The number of hydrogen-bond acceptors (Lipinski definition) is 5. The number of likely N-dealkylation sites (tertiary alicyclic amines) is 1. The number of aliphatic hydroxyl groups excluding tert-OH is 1. The summed E-state index contributed by atoms with van der Waals surface area (Å²) in [6.07, 6.45) is 6.76. The molecule has 1 aliphatic rings. The van der Waals surface area contributed by atoms with Crippen LogP contribution in [0.5, 0.6) is 0 Å². The fourth-order valence-electron chi connectivity index (χ4n) is 2.40. The zero-order valence-corrected chi connectivity index (χ0v) is 11.6. The Morgan fingerprint density at radius 2 is 2.05 bits per heavy atom. The molecule has 0 amide bonds. The molecule has 0 spiro atoms. The van der Waals surface area contributed by atoms with Gasteiger partial charge in [0.05, 0.1) is 5.69 Å². The third kappa shape index (κ3) is 5.26. The second-order valence-corrected chi connectivity index (χ2v) is 5.13. The van der Waals surface area contributed by atoms with Crippen LogP contribution in [-0.4, -0.2) is 57.8 Å². The van der Waals surface area contributed by atoms with Gasteiger partial charge in [-0.05, 0) is 32.4 Å². The predicted molar refractivity (Wildman–Crippen MR) is 73.7 cm³/mol. The first-order valence-electron chi connectivity index (χ1n) is 7.31. The zero-order chi connectivity index (χ0) is 13.3. The van der Waals surface area contributed by atoms with E-state index in [2.05, 4.69) is 20.5 Å². The number of hydrogen-bond donors (Lipinski definition) is 2. The molecule has 0 bridgehead atoms. The monoisotopic (exact) mass is 267 g/mol. The number of nitrogens with zero attached hydrogens (tertiary/aromatic N) is 4. The van der Waals surface area contributed by atoms with Crippen LogP contribution in [0.4, 0.5) is 0 Å². The standard InChI is InChI=1S/C13H25N5O/c19-10-4-8-18-12-13(15-16-18)11-14-5-9-17-6-2-1-3-7-17/h12,14,19H,1-11H2. The van der Waals surface area contributed by atoms with E-state index >= 15 is 0 Å². The molecule has 6 heteroatoms. The summed E-state index contributed by atoms with van der Waals surface area (Å²) in [7, 11) is 0. The van der Waals surface area contributed by atoms with E-state index in [0.29, 0.717) is 0 Å². The van der Waals surface area contributed by atoms with Gasteiger partial charge in [0.1, 0.15) is 0 Å². The lowest BCUT2D eigenvalue weighted by Crippen LogP contribution is -2.35. The van der Waals surface area contributed by atoms with Gasteiger partial charge in [-0.3, -0.25) is 4.68 Å². The molecular formula is C13H25N5O. The highest BCUT2D eigenvalue weighted by atomic mass is 16.3. The Morgan fingerprint density at radius 3 is 2.84 bits per heavy atom. The molecule has 1 aliphatic heterocycles. The molecule has 108 valence electrons. The number of rotatable bonds is 8. The largest absolute Gasteiger partial charge is 0.396 e. The number of aromatic nitrogens is 3. The van der Waals surface area contributed by atoms with Gasteiger partial charge in [-0.1, -0.05) is 11.6 Å². The van der Waals surface area contributed by atoms with Crippen molar-refractivity contribution < 1.29 is 5.11 Å². The maximum Gasteiger partial charge on any atom is 0.0964 e. The molecule has 2 N–H and O–H groups in total. The summed E-state index contributed by atoms with van der Waals surface area (Å²) >= 11 is 0. The van der Waals surface area contributed by atoms with Crippen LogP contribution >= 0.6 is 0 Å². The van der Waals surface area contributed by atoms with E-state index in [4.69, 9.17) is 5.11 Å². The summed E-state index contributed by atoms with van der Waals surface area (Å²) in [6, 6.07) is 0. The first-order chi connectivity index (χ1) is 9.38. The molecule has 19 heavy (non-hydrogen) atoms. The van der Waals surface area contributed by atoms with Crippen molar-refractivity contribution in [2.45, 2.75) is 38.8 Å². The van der Waals surface area contributed by atoms with Gasteiger partial charge in [0.25, 0.3) is 0 Å². The predicted octanol–water partition coefficient (Wildman–Crippen LogP) is 0.236. The van der Waals surface area contributed by atoms with Gasteiger partial charge in [0.15, 0.2) is 0 Å². The first-order valence-corrected chi connectivity index (χ1v) is 7.31. The molecule has 0 saturated carbocycles. The Labute approximate surface area is 114 Å². The van der Waals surface area contributed by atoms with Crippen LogP contribution in [0.1, 0.15) is 31.4 Å². The Hall–Kier alpha value is -0.980. The molecule has 2 heterocycles. The van der Waals surface area contributed by atoms with E-state index in [-0.39, 0.29) is 6.61 Å². The van der Waals surface area contributed by atoms with E-state index in [1.165, 1.54) is 32.4 Å². The van der Waals surface area contributed by atoms with Gasteiger partial charge in [-0.25, -0.2) is 0 Å². The van der Waals surface area contributed by atoms with Gasteiger partial charge in [-0.15, -0.1) is 5.10 Å². The summed E-state index contributed by atoms with van der Waals surface area (Å²) in [5, 5.41) is 20.3. The van der Waals surface area contributed by atoms with Crippen LogP contribution in [0.2, 0.25) is 0 Å². The highest BCUT2D eigenvalue weighted by Crippen LogP contribution is 2.07. The average molecular weight is 267 g/mol. The first kappa shape index (κ1) is 14.4. The van der Waals surface area contributed by atoms with E-state index < -0.39 is 0 Å². The van der Waals surface area contributed by atoms with Gasteiger partial charge in [0.2, 0.25) is 0 Å². The number of aliphatic hydroxyl groups is 1. The van der Waals surface area contributed by atoms with E-state index in [0.717, 1.165) is 38.3 Å². The highest BCUT2D eigenvalue weighted by Gasteiger charge is 2.08. The van der Waals surface area contributed by atoms with Crippen LogP contribution in [0.15, 0.2) is 6.20 Å². The molecule has 1 fully saturated rings. The Morgan fingerprint density at radius 1 is 1.21 bits per heavy atom. The van der Waals surface area contributed by atoms with Crippen molar-refractivity contribution in [1.82, 2.24) is 25.2 Å². The smallest absolute Gasteiger partial charge is 0.0964 e. The van der Waals surface area contributed by atoms with Crippen molar-refractivity contribution >= 4 is 0 Å². The maximum absolute atomic E-state index is 8.75. The fraction of sp³-hybridized carbons (Fsp3) is 0.846. The quantitative estimate of drug-likeness (QED) is 0.660. The summed E-state index contributed by atoms with van der Waals surface area (Å²) in [5.41, 5.74) is 0.969. The number of nitrogens with one attached hydrogen (secondary N) is 1. The minimum Gasteiger partial charge on any atom is -0.396 e. The minimum atomic E-state index is 0.198. The maximum atomic E-state index is 8.75. The summed E-state index contributed by atoms with van der Waals surface area (Å²) in [5.74, 6) is 0. The van der Waals surface area contributed by atoms with Gasteiger partial charge < -0.3 is 15.3 Å². The van der Waals surface area contributed by atoms with Crippen molar-refractivity contribution in [3.8, 4) is 0 Å². The fourth-order valence-corrected chi connectivity index (χ4v) is 2.40. The molecule has 0 unspecified atom stereocenters. The average Bonchev–Trinajstić information content (AvgIpc) is 2.90. The molecule has 1 aromatic heterocycles. The van der Waals surface area contributed by atoms with Crippen LogP contribution in [0, 0.1) is 0 Å². The summed E-state index contributed by atoms with van der Waals surface area (Å²) in [6.45, 7) is 6.33. The lowest BCUT2D eigenvalue weighted by atomic mass is 10.1. The van der Waals surface area contributed by atoms with Gasteiger partial charge in [-0.2, -0.15) is 0 Å². The number of aryl methyl sites for hydroxylation is 1. The molecule has 1 saturated heterocycles. The minimum absolute atomic E-state index is 0.198. The van der Waals surface area contributed by atoms with Crippen molar-refractivity contribution in [2.24, 2.45) is 0 Å². The molecule has 2 rings (SSSR count). The second-order valence-electron chi connectivity index (χ2n) is 5.13. The Balaban J connectivity index is 1.58. The molecule has 1 aromatic rings. The highest BCUT2D eigenvalue weighted by molar-refractivity contribution is 4.91. The molecule has 0 radical (unpaired) electrons. The van der Waals surface area contributed by atoms with Crippen molar-refractivity contribution in [2.75, 3.05) is 32.8 Å². The molecule has 0 aliphatic carbocycles. The van der Waals surface area contributed by atoms with E-state index in [9.17, 15) is 0 Å². The van der Waals surface area contributed by atoms with Crippen LogP contribution in [0.25, 0.3) is 0 Å². The molecular weight excluding hydrogens is 242 g/mol. The normalized spacial score (nSPS) is 16.9. The number of piperidine rings is 1. The Bertz CT molecular complexity index is 349. The third-order valence-electron chi connectivity index (χ3n) is 3.49. The van der Waals surface area contributed by atoms with Gasteiger partial charge >= 0.3 is 0 Å². The SMILES string of the molecule is OCCCn1cc(CNCCN2CCCCC2)nn1. The summed E-state index contributed by atoms with van der Waals surface area (Å²) < 4.78 is 1.79. The van der Waals surface area contributed by atoms with Crippen LogP contribution in [-0.2, 0) is 13.1 Å². The lowest BCUT2D eigenvalue weighted by molar-refractivity contribution is 0.229. The van der Waals surface area contributed by atoms with Crippen LogP contribution < -0.4 is 5.32 Å². The second kappa shape index (κ2) is 8.24. The topological polar surface area (TPSA) is 66.2 Å². The van der Waals surface area contributed by atoms with Gasteiger partial charge in [0, 0.05) is 39.0 Å².